The van der Waals surface area contributed by atoms with Crippen LogP contribution >= 0.6 is 0 Å². The minimum atomic E-state index is -0.0247. The Balaban J connectivity index is 2.47. The second-order valence-corrected chi connectivity index (χ2v) is 5.32. The maximum atomic E-state index is 11.6. The van der Waals surface area contributed by atoms with Gasteiger partial charge in [-0.1, -0.05) is 39.3 Å². The summed E-state index contributed by atoms with van der Waals surface area (Å²) in [6.45, 7) is 7.25. The summed E-state index contributed by atoms with van der Waals surface area (Å²) in [7, 11) is 0. The minimum absolute atomic E-state index is 0.0186. The maximum Gasteiger partial charge on any atom is 0.226 e. The van der Waals surface area contributed by atoms with Crippen LogP contribution in [0.5, 0.6) is 0 Å². The zero-order valence-electron chi connectivity index (χ0n) is 13.1. The number of guanidine groups is 1. The highest BCUT2D eigenvalue weighted by Gasteiger charge is 2.06. The zero-order chi connectivity index (χ0) is 15.7. The lowest BCUT2D eigenvalue weighted by Crippen LogP contribution is -2.32. The number of carbonyl (C=O) groups is 1. The molecule has 5 nitrogen and oxygen atoms in total. The largest absolute Gasteiger partial charge is 0.370 e. The van der Waals surface area contributed by atoms with E-state index in [4.69, 9.17) is 5.73 Å². The van der Waals surface area contributed by atoms with E-state index >= 15 is 0 Å². The smallest absolute Gasteiger partial charge is 0.226 e. The molecule has 0 aromatic heterocycles. The topological polar surface area (TPSA) is 79.5 Å². The average molecular weight is 290 g/mol. The van der Waals surface area contributed by atoms with Crippen LogP contribution in [0, 0.1) is 5.92 Å². The fraction of sp³-hybridized carbons (Fsp3) is 0.500. The molecule has 1 rings (SSSR count). The zero-order valence-corrected chi connectivity index (χ0v) is 13.1. The number of hydrogen-bond acceptors (Lipinski definition) is 2. The number of unbranched alkanes of at least 4 members (excludes halogenated alkanes) is 1. The van der Waals surface area contributed by atoms with E-state index in [0.717, 1.165) is 30.6 Å². The van der Waals surface area contributed by atoms with E-state index in [1.165, 1.54) is 0 Å². The minimum Gasteiger partial charge on any atom is -0.370 e. The third-order valence-electron chi connectivity index (χ3n) is 3.01. The summed E-state index contributed by atoms with van der Waals surface area (Å²) in [5.74, 6) is 0.467. The second-order valence-electron chi connectivity index (χ2n) is 5.32. The number of amides is 1. The van der Waals surface area contributed by atoms with Crippen molar-refractivity contribution in [1.29, 1.82) is 0 Å². The summed E-state index contributed by atoms with van der Waals surface area (Å²) >= 11 is 0. The van der Waals surface area contributed by atoms with Crippen LogP contribution in [0.1, 0.15) is 39.2 Å². The lowest BCUT2D eigenvalue weighted by atomic mass is 10.2. The Morgan fingerprint density at radius 1 is 1.29 bits per heavy atom. The molecule has 0 bridgehead atoms. The van der Waals surface area contributed by atoms with Crippen molar-refractivity contribution < 1.29 is 4.79 Å². The molecular weight excluding hydrogens is 264 g/mol. The molecule has 5 heteroatoms. The van der Waals surface area contributed by atoms with Crippen molar-refractivity contribution in [3.63, 3.8) is 0 Å². The van der Waals surface area contributed by atoms with Crippen LogP contribution in [0.25, 0.3) is 0 Å². The molecule has 116 valence electrons. The highest BCUT2D eigenvalue weighted by atomic mass is 16.1. The first-order chi connectivity index (χ1) is 10.0. The van der Waals surface area contributed by atoms with Gasteiger partial charge in [-0.15, -0.1) is 0 Å². The molecule has 1 aromatic carbocycles. The molecule has 0 aliphatic rings. The van der Waals surface area contributed by atoms with Gasteiger partial charge in [0.15, 0.2) is 5.96 Å². The summed E-state index contributed by atoms with van der Waals surface area (Å²) in [5, 5.41) is 5.93. The summed E-state index contributed by atoms with van der Waals surface area (Å²) in [5.41, 5.74) is 7.63. The van der Waals surface area contributed by atoms with Crippen molar-refractivity contribution >= 4 is 17.6 Å². The van der Waals surface area contributed by atoms with Gasteiger partial charge in [-0.05, 0) is 24.1 Å². The Labute approximate surface area is 127 Å². The molecule has 0 aliphatic heterocycles. The number of aliphatic imine (C=N–C) groups is 1. The van der Waals surface area contributed by atoms with Gasteiger partial charge in [0.25, 0.3) is 0 Å². The number of nitrogens with one attached hydrogen (secondary N) is 2. The molecule has 0 saturated heterocycles. The lowest BCUT2D eigenvalue weighted by Gasteiger charge is -2.08. The Morgan fingerprint density at radius 2 is 1.95 bits per heavy atom. The van der Waals surface area contributed by atoms with Gasteiger partial charge in [-0.2, -0.15) is 0 Å². The number of anilines is 1. The third-order valence-corrected chi connectivity index (χ3v) is 3.01. The van der Waals surface area contributed by atoms with Crippen molar-refractivity contribution in [3.8, 4) is 0 Å². The van der Waals surface area contributed by atoms with Crippen LogP contribution < -0.4 is 16.4 Å². The predicted octanol–water partition coefficient (Wildman–Crippen LogP) is 2.49. The Morgan fingerprint density at radius 3 is 2.52 bits per heavy atom. The molecule has 0 atom stereocenters. The second kappa shape index (κ2) is 9.00. The fourth-order valence-corrected chi connectivity index (χ4v) is 1.61. The van der Waals surface area contributed by atoms with Gasteiger partial charge in [0, 0.05) is 18.2 Å². The van der Waals surface area contributed by atoms with Gasteiger partial charge in [0.05, 0.1) is 6.54 Å². The van der Waals surface area contributed by atoms with Crippen molar-refractivity contribution in [2.75, 3.05) is 11.9 Å². The normalized spacial score (nSPS) is 11.5. The van der Waals surface area contributed by atoms with Crippen molar-refractivity contribution in [2.45, 2.75) is 40.2 Å². The quantitative estimate of drug-likeness (QED) is 0.410. The highest BCUT2D eigenvalue weighted by molar-refractivity contribution is 5.92. The molecule has 1 aromatic rings. The van der Waals surface area contributed by atoms with Gasteiger partial charge >= 0.3 is 0 Å². The van der Waals surface area contributed by atoms with Crippen molar-refractivity contribution in [3.05, 3.63) is 29.8 Å². The van der Waals surface area contributed by atoms with Gasteiger partial charge < -0.3 is 16.4 Å². The molecule has 1 amide bonds. The Hall–Kier alpha value is -2.04. The van der Waals surface area contributed by atoms with E-state index in [0.29, 0.717) is 12.5 Å². The molecule has 0 saturated carbocycles. The lowest BCUT2D eigenvalue weighted by molar-refractivity contribution is -0.118. The van der Waals surface area contributed by atoms with E-state index in [9.17, 15) is 4.79 Å². The third kappa shape index (κ3) is 6.79. The molecular formula is C16H26N4O. The number of nitrogens with two attached hydrogens (primary N) is 1. The molecule has 0 unspecified atom stereocenters. The van der Waals surface area contributed by atoms with Crippen LogP contribution in [0.4, 0.5) is 5.69 Å². The number of nitrogens with zero attached hydrogens (tertiary/aromatic N) is 1. The van der Waals surface area contributed by atoms with E-state index in [1.807, 2.05) is 38.1 Å². The van der Waals surface area contributed by atoms with Crippen LogP contribution in [-0.4, -0.2) is 18.4 Å². The Kier molecular flexibility index (Phi) is 7.29. The standard InChI is InChI=1S/C16H26N4O/c1-4-5-10-18-16(17)19-11-13-6-8-14(9-7-13)20-15(21)12(2)3/h6-9,12H,4-5,10-11H2,1-3H3,(H,20,21)(H3,17,18,19). The number of hydrogen-bond donors (Lipinski definition) is 3. The summed E-state index contributed by atoms with van der Waals surface area (Å²) in [6.07, 6.45) is 2.21. The van der Waals surface area contributed by atoms with Gasteiger partial charge in [0.2, 0.25) is 5.91 Å². The van der Waals surface area contributed by atoms with Gasteiger partial charge in [0.1, 0.15) is 0 Å². The fourth-order valence-electron chi connectivity index (χ4n) is 1.61. The molecule has 21 heavy (non-hydrogen) atoms. The van der Waals surface area contributed by atoms with E-state index < -0.39 is 0 Å². The predicted molar refractivity (Wildman–Crippen MR) is 88.1 cm³/mol. The SMILES string of the molecule is CCCCNC(N)=NCc1ccc(NC(=O)C(C)C)cc1. The first kappa shape index (κ1) is 17.0. The number of carbonyl (C=O) groups excluding carboxylic acids is 1. The molecule has 0 fully saturated rings. The monoisotopic (exact) mass is 290 g/mol. The van der Waals surface area contributed by atoms with Gasteiger partial charge in [-0.3, -0.25) is 4.79 Å². The molecule has 0 aliphatic carbocycles. The van der Waals surface area contributed by atoms with Crippen molar-refractivity contribution in [1.82, 2.24) is 5.32 Å². The van der Waals surface area contributed by atoms with Crippen LogP contribution in [0.3, 0.4) is 0 Å². The summed E-state index contributed by atoms with van der Waals surface area (Å²) in [4.78, 5) is 15.9. The average Bonchev–Trinajstić information content (AvgIpc) is 2.46. The molecule has 0 heterocycles. The molecule has 0 spiro atoms. The molecule has 4 N–H and O–H groups in total. The first-order valence-electron chi connectivity index (χ1n) is 7.46. The number of rotatable bonds is 7. The van der Waals surface area contributed by atoms with Crippen molar-refractivity contribution in [2.24, 2.45) is 16.6 Å². The summed E-state index contributed by atoms with van der Waals surface area (Å²) in [6, 6.07) is 7.65. The first-order valence-corrected chi connectivity index (χ1v) is 7.46. The Bertz CT molecular complexity index is 466. The maximum absolute atomic E-state index is 11.6. The highest BCUT2D eigenvalue weighted by Crippen LogP contribution is 2.11. The van der Waals surface area contributed by atoms with Gasteiger partial charge in [-0.25, -0.2) is 4.99 Å². The summed E-state index contributed by atoms with van der Waals surface area (Å²) < 4.78 is 0. The van der Waals surface area contributed by atoms with Crippen LogP contribution in [0.2, 0.25) is 0 Å². The van der Waals surface area contributed by atoms with Crippen LogP contribution in [-0.2, 0) is 11.3 Å². The van der Waals surface area contributed by atoms with E-state index in [-0.39, 0.29) is 11.8 Å². The van der Waals surface area contributed by atoms with E-state index in [1.54, 1.807) is 0 Å². The van der Waals surface area contributed by atoms with E-state index in [2.05, 4.69) is 22.5 Å². The van der Waals surface area contributed by atoms with Crippen LogP contribution in [0.15, 0.2) is 29.3 Å². The molecule has 0 radical (unpaired) electrons. The number of benzene rings is 1.